The van der Waals surface area contributed by atoms with Gasteiger partial charge in [0, 0.05) is 18.8 Å². The number of hydrogen-bond acceptors (Lipinski definition) is 4. The van der Waals surface area contributed by atoms with Crippen LogP contribution in [0.15, 0.2) is 4.99 Å². The van der Waals surface area contributed by atoms with Crippen molar-refractivity contribution < 1.29 is 4.79 Å². The van der Waals surface area contributed by atoms with E-state index in [2.05, 4.69) is 24.2 Å². The van der Waals surface area contributed by atoms with Gasteiger partial charge in [-0.2, -0.15) is 0 Å². The normalized spacial score (nSPS) is 20.3. The van der Waals surface area contributed by atoms with E-state index in [-0.39, 0.29) is 11.9 Å². The summed E-state index contributed by atoms with van der Waals surface area (Å²) in [5.41, 5.74) is 0. The van der Waals surface area contributed by atoms with Gasteiger partial charge in [-0.1, -0.05) is 38.5 Å². The fourth-order valence-corrected chi connectivity index (χ4v) is 3.67. The van der Waals surface area contributed by atoms with Gasteiger partial charge in [-0.05, 0) is 19.8 Å². The Morgan fingerprint density at radius 1 is 1.47 bits per heavy atom. The van der Waals surface area contributed by atoms with Crippen LogP contribution in [0.25, 0.3) is 0 Å². The lowest BCUT2D eigenvalue weighted by Gasteiger charge is -2.22. The Labute approximate surface area is 121 Å². The van der Waals surface area contributed by atoms with Crippen LogP contribution in [0.1, 0.15) is 40.5 Å². The van der Waals surface area contributed by atoms with Crippen molar-refractivity contribution >= 4 is 22.8 Å². The Morgan fingerprint density at radius 3 is 2.63 bits per heavy atom. The van der Waals surface area contributed by atoms with Crippen molar-refractivity contribution in [2.45, 2.75) is 51.8 Å². The van der Waals surface area contributed by atoms with E-state index in [0.29, 0.717) is 5.25 Å². The minimum Gasteiger partial charge on any atom is -0.353 e. The molecule has 2 atom stereocenters. The molecule has 1 heterocycles. The molecule has 0 radical (unpaired) electrons. The number of likely N-dealkylation sites (N-methyl/N-ethyl adjacent to an activating group) is 1. The van der Waals surface area contributed by atoms with Crippen molar-refractivity contribution in [3.8, 4) is 0 Å². The van der Waals surface area contributed by atoms with Crippen LogP contribution in [0.2, 0.25) is 0 Å². The number of thioether (sulfide) groups is 1. The number of amides is 1. The SMILES string of the molecule is CCC(CC)C1CN=C(NC(C)C(=O)N(C)CC)S1. The summed E-state index contributed by atoms with van der Waals surface area (Å²) >= 11 is 1.80. The largest absolute Gasteiger partial charge is 0.353 e. The van der Waals surface area contributed by atoms with Crippen LogP contribution >= 0.6 is 11.8 Å². The van der Waals surface area contributed by atoms with Crippen LogP contribution in [0.4, 0.5) is 0 Å². The van der Waals surface area contributed by atoms with E-state index < -0.39 is 0 Å². The first-order valence-corrected chi connectivity index (χ1v) is 8.13. The Morgan fingerprint density at radius 2 is 2.11 bits per heavy atom. The zero-order chi connectivity index (χ0) is 14.4. The van der Waals surface area contributed by atoms with Crippen molar-refractivity contribution in [3.05, 3.63) is 0 Å². The van der Waals surface area contributed by atoms with Gasteiger partial charge >= 0.3 is 0 Å². The molecule has 0 saturated heterocycles. The third kappa shape index (κ3) is 4.41. The number of hydrogen-bond donors (Lipinski definition) is 1. The maximum atomic E-state index is 12.0. The van der Waals surface area contributed by atoms with E-state index >= 15 is 0 Å². The molecule has 0 aromatic heterocycles. The Kier molecular flexibility index (Phi) is 6.69. The van der Waals surface area contributed by atoms with Gasteiger partial charge in [0.05, 0.1) is 6.54 Å². The standard InChI is InChI=1S/C14H27N3OS/c1-6-11(7-2)12-9-15-14(19-12)16-10(4)13(18)17(5)8-3/h10-12H,6-9H2,1-5H3,(H,15,16). The maximum absolute atomic E-state index is 12.0. The van der Waals surface area contributed by atoms with E-state index in [1.165, 1.54) is 12.8 Å². The van der Waals surface area contributed by atoms with Crippen molar-refractivity contribution in [2.75, 3.05) is 20.1 Å². The summed E-state index contributed by atoms with van der Waals surface area (Å²) in [6.07, 6.45) is 2.40. The third-order valence-corrected chi connectivity index (χ3v) is 5.12. The van der Waals surface area contributed by atoms with Crippen LogP contribution < -0.4 is 5.32 Å². The first kappa shape index (κ1) is 16.3. The first-order valence-electron chi connectivity index (χ1n) is 7.25. The minimum atomic E-state index is -0.198. The summed E-state index contributed by atoms with van der Waals surface area (Å²) in [6, 6.07) is -0.198. The number of nitrogens with zero attached hydrogens (tertiary/aromatic N) is 2. The van der Waals surface area contributed by atoms with Crippen LogP contribution in [-0.2, 0) is 4.79 Å². The molecule has 0 saturated carbocycles. The molecular weight excluding hydrogens is 258 g/mol. The van der Waals surface area contributed by atoms with Crippen LogP contribution in [0.3, 0.4) is 0 Å². The highest BCUT2D eigenvalue weighted by Gasteiger charge is 2.27. The van der Waals surface area contributed by atoms with Crippen molar-refractivity contribution in [3.63, 3.8) is 0 Å². The fraction of sp³-hybridized carbons (Fsp3) is 0.857. The van der Waals surface area contributed by atoms with E-state index in [1.807, 2.05) is 20.9 Å². The number of nitrogens with one attached hydrogen (secondary N) is 1. The van der Waals surface area contributed by atoms with Gasteiger partial charge in [0.2, 0.25) is 5.91 Å². The molecule has 0 fully saturated rings. The first-order chi connectivity index (χ1) is 9.03. The highest BCUT2D eigenvalue weighted by molar-refractivity contribution is 8.14. The van der Waals surface area contributed by atoms with Gasteiger partial charge in [-0.3, -0.25) is 9.79 Å². The van der Waals surface area contributed by atoms with Crippen LogP contribution in [0.5, 0.6) is 0 Å². The Balaban J connectivity index is 2.45. The number of carbonyl (C=O) groups is 1. The Bertz CT molecular complexity index is 329. The van der Waals surface area contributed by atoms with Gasteiger partial charge in [0.1, 0.15) is 6.04 Å². The summed E-state index contributed by atoms with van der Waals surface area (Å²) in [6.45, 7) is 9.98. The number of carbonyl (C=O) groups excluding carboxylic acids is 1. The molecule has 1 N–H and O–H groups in total. The van der Waals surface area contributed by atoms with Gasteiger partial charge in [0.25, 0.3) is 0 Å². The fourth-order valence-electron chi connectivity index (χ4n) is 2.26. The van der Waals surface area contributed by atoms with Gasteiger partial charge in [0.15, 0.2) is 5.17 Å². The lowest BCUT2D eigenvalue weighted by atomic mass is 9.99. The molecule has 0 aromatic rings. The summed E-state index contributed by atoms with van der Waals surface area (Å²) in [4.78, 5) is 18.3. The maximum Gasteiger partial charge on any atom is 0.244 e. The number of rotatable bonds is 6. The zero-order valence-corrected chi connectivity index (χ0v) is 13.6. The summed E-state index contributed by atoms with van der Waals surface area (Å²) in [5.74, 6) is 0.842. The van der Waals surface area contributed by atoms with Gasteiger partial charge < -0.3 is 10.2 Å². The summed E-state index contributed by atoms with van der Waals surface area (Å²) in [7, 11) is 1.83. The molecule has 1 rings (SSSR count). The molecule has 110 valence electrons. The highest BCUT2D eigenvalue weighted by Crippen LogP contribution is 2.30. The average molecular weight is 285 g/mol. The van der Waals surface area contributed by atoms with Crippen molar-refractivity contribution in [2.24, 2.45) is 10.9 Å². The second kappa shape index (κ2) is 7.78. The lowest BCUT2D eigenvalue weighted by molar-refractivity contribution is -0.131. The average Bonchev–Trinajstić information content (AvgIpc) is 2.86. The monoisotopic (exact) mass is 285 g/mol. The second-order valence-electron chi connectivity index (χ2n) is 5.10. The van der Waals surface area contributed by atoms with Gasteiger partial charge in [-0.15, -0.1) is 0 Å². The molecule has 1 amide bonds. The van der Waals surface area contributed by atoms with Crippen LogP contribution in [-0.4, -0.2) is 47.4 Å². The predicted molar refractivity (Wildman–Crippen MR) is 83.7 cm³/mol. The highest BCUT2D eigenvalue weighted by atomic mass is 32.2. The molecule has 5 heteroatoms. The molecule has 0 bridgehead atoms. The third-order valence-electron chi connectivity index (χ3n) is 3.81. The van der Waals surface area contributed by atoms with Gasteiger partial charge in [-0.25, -0.2) is 0 Å². The van der Waals surface area contributed by atoms with Crippen LogP contribution in [0, 0.1) is 5.92 Å². The predicted octanol–water partition coefficient (Wildman–Crippen LogP) is 2.35. The molecule has 0 spiro atoms. The molecule has 2 unspecified atom stereocenters. The van der Waals surface area contributed by atoms with E-state index in [1.54, 1.807) is 16.7 Å². The topological polar surface area (TPSA) is 44.7 Å². The molecule has 0 aromatic carbocycles. The van der Waals surface area contributed by atoms with E-state index in [0.717, 1.165) is 24.2 Å². The molecule has 4 nitrogen and oxygen atoms in total. The second-order valence-corrected chi connectivity index (χ2v) is 6.33. The Hall–Kier alpha value is -0.710. The molecule has 0 aliphatic carbocycles. The van der Waals surface area contributed by atoms with Crippen molar-refractivity contribution in [1.29, 1.82) is 0 Å². The molecular formula is C14H27N3OS. The molecule has 19 heavy (non-hydrogen) atoms. The number of aliphatic imine (C=N–C) groups is 1. The van der Waals surface area contributed by atoms with E-state index in [9.17, 15) is 4.79 Å². The van der Waals surface area contributed by atoms with Crippen molar-refractivity contribution in [1.82, 2.24) is 10.2 Å². The molecule has 1 aliphatic heterocycles. The molecule has 1 aliphatic rings. The minimum absolute atomic E-state index is 0.122. The number of amidine groups is 1. The van der Waals surface area contributed by atoms with E-state index in [4.69, 9.17) is 0 Å². The lowest BCUT2D eigenvalue weighted by Crippen LogP contribution is -2.44. The quantitative estimate of drug-likeness (QED) is 0.815. The zero-order valence-electron chi connectivity index (χ0n) is 12.8. The summed E-state index contributed by atoms with van der Waals surface area (Å²) < 4.78 is 0. The smallest absolute Gasteiger partial charge is 0.244 e. The summed E-state index contributed by atoms with van der Waals surface area (Å²) in [5, 5.41) is 4.75.